The minimum Gasteiger partial charge on any atom is -0.334 e. The van der Waals surface area contributed by atoms with Crippen molar-refractivity contribution in [1.82, 2.24) is 9.47 Å². The number of Topliss-reactive ketones (excluding diaryl/α,β-unsaturated/α-hetero) is 1. The summed E-state index contributed by atoms with van der Waals surface area (Å²) in [6, 6.07) is 10.9. The van der Waals surface area contributed by atoms with Crippen LogP contribution in [0.25, 0.3) is 10.9 Å². The minimum absolute atomic E-state index is 0.165. The fourth-order valence-corrected chi connectivity index (χ4v) is 2.91. The summed E-state index contributed by atoms with van der Waals surface area (Å²) in [5.74, 6) is 0.569. The number of nitrogens with zero attached hydrogens (tertiary/aromatic N) is 2. The standard InChI is InChI=1S/C16H20N2O/c1-12-10-18(13(2)9-16(12)19)11-17-8-7-14-5-3-4-6-15(14)17/h3-8,12-13H,9-11H2,1-2H3. The van der Waals surface area contributed by atoms with Crippen LogP contribution >= 0.6 is 0 Å². The zero-order valence-electron chi connectivity index (χ0n) is 11.5. The molecule has 0 aliphatic carbocycles. The summed E-state index contributed by atoms with van der Waals surface area (Å²) < 4.78 is 2.27. The van der Waals surface area contributed by atoms with E-state index < -0.39 is 0 Å². The number of aromatic nitrogens is 1. The first-order chi connectivity index (χ1) is 9.15. The van der Waals surface area contributed by atoms with Gasteiger partial charge < -0.3 is 4.57 Å². The van der Waals surface area contributed by atoms with Crippen LogP contribution in [0.4, 0.5) is 0 Å². The van der Waals surface area contributed by atoms with Crippen molar-refractivity contribution in [2.24, 2.45) is 5.92 Å². The molecule has 0 spiro atoms. The van der Waals surface area contributed by atoms with Crippen molar-refractivity contribution in [3.05, 3.63) is 36.5 Å². The zero-order valence-corrected chi connectivity index (χ0v) is 11.5. The SMILES string of the molecule is CC1CN(Cn2ccc3ccccc32)C(C)CC1=O. The highest BCUT2D eigenvalue weighted by molar-refractivity contribution is 5.82. The van der Waals surface area contributed by atoms with Crippen LogP contribution < -0.4 is 0 Å². The predicted molar refractivity (Wildman–Crippen MR) is 76.9 cm³/mol. The molecule has 1 fully saturated rings. The number of rotatable bonds is 2. The average Bonchev–Trinajstić information content (AvgIpc) is 2.80. The predicted octanol–water partition coefficient (Wildman–Crippen LogP) is 2.90. The van der Waals surface area contributed by atoms with E-state index in [-0.39, 0.29) is 5.92 Å². The molecule has 2 unspecified atom stereocenters. The van der Waals surface area contributed by atoms with E-state index in [2.05, 4.69) is 52.9 Å². The molecule has 1 aromatic carbocycles. The number of piperidine rings is 1. The first-order valence-electron chi connectivity index (χ1n) is 6.96. The Labute approximate surface area is 113 Å². The van der Waals surface area contributed by atoms with Gasteiger partial charge in [0, 0.05) is 36.6 Å². The van der Waals surface area contributed by atoms with E-state index >= 15 is 0 Å². The largest absolute Gasteiger partial charge is 0.334 e. The van der Waals surface area contributed by atoms with Gasteiger partial charge in [0.25, 0.3) is 0 Å². The summed E-state index contributed by atoms with van der Waals surface area (Å²) in [6.07, 6.45) is 2.82. The topological polar surface area (TPSA) is 25.2 Å². The number of carbonyl (C=O) groups is 1. The molecule has 2 atom stereocenters. The maximum absolute atomic E-state index is 11.7. The number of benzene rings is 1. The Morgan fingerprint density at radius 3 is 2.84 bits per heavy atom. The Balaban J connectivity index is 1.83. The highest BCUT2D eigenvalue weighted by Gasteiger charge is 2.29. The molecule has 0 amide bonds. The van der Waals surface area contributed by atoms with E-state index in [9.17, 15) is 4.79 Å². The van der Waals surface area contributed by atoms with Gasteiger partial charge in [-0.1, -0.05) is 25.1 Å². The van der Waals surface area contributed by atoms with Gasteiger partial charge in [-0.15, -0.1) is 0 Å². The van der Waals surface area contributed by atoms with Crippen LogP contribution in [-0.4, -0.2) is 27.8 Å². The van der Waals surface area contributed by atoms with Crippen molar-refractivity contribution >= 4 is 16.7 Å². The fraction of sp³-hybridized carbons (Fsp3) is 0.438. The van der Waals surface area contributed by atoms with E-state index in [4.69, 9.17) is 0 Å². The molecule has 1 aromatic heterocycles. The molecule has 1 aliphatic rings. The van der Waals surface area contributed by atoms with Crippen molar-refractivity contribution in [1.29, 1.82) is 0 Å². The second kappa shape index (κ2) is 4.82. The number of fused-ring (bicyclic) bond motifs is 1. The Kier molecular flexibility index (Phi) is 3.15. The van der Waals surface area contributed by atoms with E-state index in [1.807, 2.05) is 6.92 Å². The van der Waals surface area contributed by atoms with Crippen LogP contribution in [0.2, 0.25) is 0 Å². The fourth-order valence-electron chi connectivity index (χ4n) is 2.91. The van der Waals surface area contributed by atoms with Crippen LogP contribution in [0.1, 0.15) is 20.3 Å². The molecule has 0 radical (unpaired) electrons. The molecule has 1 saturated heterocycles. The molecule has 3 rings (SSSR count). The summed E-state index contributed by atoms with van der Waals surface area (Å²) in [5, 5.41) is 1.27. The van der Waals surface area contributed by atoms with Gasteiger partial charge in [0.05, 0.1) is 6.67 Å². The average molecular weight is 256 g/mol. The Bertz CT molecular complexity index is 602. The van der Waals surface area contributed by atoms with Crippen LogP contribution in [0.15, 0.2) is 36.5 Å². The van der Waals surface area contributed by atoms with E-state index in [1.54, 1.807) is 0 Å². The number of hydrogen-bond donors (Lipinski definition) is 0. The lowest BCUT2D eigenvalue weighted by Gasteiger charge is -2.36. The Morgan fingerprint density at radius 1 is 1.21 bits per heavy atom. The minimum atomic E-state index is 0.165. The summed E-state index contributed by atoms with van der Waals surface area (Å²) in [4.78, 5) is 14.1. The van der Waals surface area contributed by atoms with E-state index in [0.717, 1.165) is 13.2 Å². The van der Waals surface area contributed by atoms with Gasteiger partial charge >= 0.3 is 0 Å². The molecule has 1 aliphatic heterocycles. The molecule has 0 saturated carbocycles. The lowest BCUT2D eigenvalue weighted by molar-refractivity contribution is -0.127. The first kappa shape index (κ1) is 12.4. The maximum Gasteiger partial charge on any atom is 0.138 e. The molecule has 2 heterocycles. The van der Waals surface area contributed by atoms with Crippen molar-refractivity contribution in [3.63, 3.8) is 0 Å². The number of ketones is 1. The van der Waals surface area contributed by atoms with Gasteiger partial charge in [-0.25, -0.2) is 0 Å². The summed E-state index contributed by atoms with van der Waals surface area (Å²) >= 11 is 0. The van der Waals surface area contributed by atoms with Crippen molar-refractivity contribution in [3.8, 4) is 0 Å². The highest BCUT2D eigenvalue weighted by atomic mass is 16.1. The second-order valence-corrected chi connectivity index (χ2v) is 5.68. The number of hydrogen-bond acceptors (Lipinski definition) is 2. The Morgan fingerprint density at radius 2 is 2.00 bits per heavy atom. The third kappa shape index (κ3) is 2.30. The molecule has 19 heavy (non-hydrogen) atoms. The van der Waals surface area contributed by atoms with Gasteiger partial charge in [0.15, 0.2) is 0 Å². The normalized spacial score (nSPS) is 25.1. The molecule has 0 bridgehead atoms. The van der Waals surface area contributed by atoms with Crippen LogP contribution in [0, 0.1) is 5.92 Å². The Hall–Kier alpha value is -1.61. The number of likely N-dealkylation sites (tertiary alicyclic amines) is 1. The smallest absolute Gasteiger partial charge is 0.138 e. The summed E-state index contributed by atoms with van der Waals surface area (Å²) in [7, 11) is 0. The van der Waals surface area contributed by atoms with Gasteiger partial charge in [-0.2, -0.15) is 0 Å². The lowest BCUT2D eigenvalue weighted by Crippen LogP contribution is -2.45. The van der Waals surface area contributed by atoms with Crippen molar-refractivity contribution < 1.29 is 4.79 Å². The third-order valence-corrected chi connectivity index (χ3v) is 4.19. The number of carbonyl (C=O) groups excluding carboxylic acids is 1. The molecular weight excluding hydrogens is 236 g/mol. The quantitative estimate of drug-likeness (QED) is 0.825. The van der Waals surface area contributed by atoms with Gasteiger partial charge in [-0.05, 0) is 24.4 Å². The van der Waals surface area contributed by atoms with Crippen molar-refractivity contribution in [2.75, 3.05) is 6.54 Å². The van der Waals surface area contributed by atoms with E-state index in [0.29, 0.717) is 18.2 Å². The molecule has 3 heteroatoms. The lowest BCUT2D eigenvalue weighted by atomic mass is 9.94. The maximum atomic E-state index is 11.7. The molecule has 2 aromatic rings. The van der Waals surface area contributed by atoms with Gasteiger partial charge in [0.2, 0.25) is 0 Å². The first-order valence-corrected chi connectivity index (χ1v) is 6.96. The number of para-hydroxylation sites is 1. The molecular formula is C16H20N2O. The zero-order chi connectivity index (χ0) is 13.4. The van der Waals surface area contributed by atoms with Crippen LogP contribution in [0.5, 0.6) is 0 Å². The summed E-state index contributed by atoms with van der Waals surface area (Å²) in [5.41, 5.74) is 1.26. The van der Waals surface area contributed by atoms with Crippen molar-refractivity contribution in [2.45, 2.75) is 33.0 Å². The second-order valence-electron chi connectivity index (χ2n) is 5.68. The van der Waals surface area contributed by atoms with Crippen LogP contribution in [-0.2, 0) is 11.5 Å². The molecule has 3 nitrogen and oxygen atoms in total. The van der Waals surface area contributed by atoms with Gasteiger partial charge in [0.1, 0.15) is 5.78 Å². The monoisotopic (exact) mass is 256 g/mol. The molecule has 100 valence electrons. The van der Waals surface area contributed by atoms with Gasteiger partial charge in [-0.3, -0.25) is 9.69 Å². The molecule has 0 N–H and O–H groups in total. The van der Waals surface area contributed by atoms with E-state index in [1.165, 1.54) is 10.9 Å². The summed E-state index contributed by atoms with van der Waals surface area (Å²) in [6.45, 7) is 5.92. The highest BCUT2D eigenvalue weighted by Crippen LogP contribution is 2.21. The van der Waals surface area contributed by atoms with Crippen LogP contribution in [0.3, 0.4) is 0 Å². The third-order valence-electron chi connectivity index (χ3n) is 4.19.